The van der Waals surface area contributed by atoms with E-state index in [1.54, 1.807) is 18.4 Å². The van der Waals surface area contributed by atoms with Crippen molar-refractivity contribution in [2.24, 2.45) is 0 Å². The first-order valence-electron chi connectivity index (χ1n) is 13.9. The normalized spacial score (nSPS) is 19.7. The molecule has 0 spiro atoms. The molecule has 0 bridgehead atoms. The molecule has 0 amide bonds. The number of benzene rings is 1. The molecule has 1 aliphatic heterocycles. The molecule has 1 aromatic carbocycles. The highest BCUT2D eigenvalue weighted by Crippen LogP contribution is 2.36. The average Bonchev–Trinajstić information content (AvgIpc) is 3.43. The molecule has 4 rings (SSSR count). The maximum Gasteiger partial charge on any atom is 0.336 e. The van der Waals surface area contributed by atoms with Crippen LogP contribution in [0.3, 0.4) is 0 Å². The lowest BCUT2D eigenvalue weighted by atomic mass is 9.95. The highest BCUT2D eigenvalue weighted by atomic mass is 16.7. The lowest BCUT2D eigenvalue weighted by Gasteiger charge is -2.23. The van der Waals surface area contributed by atoms with Gasteiger partial charge in [0.1, 0.15) is 16.9 Å². The zero-order chi connectivity index (χ0) is 26.3. The van der Waals surface area contributed by atoms with Crippen molar-refractivity contribution in [2.75, 3.05) is 6.61 Å². The van der Waals surface area contributed by atoms with Gasteiger partial charge in [-0.1, -0.05) is 57.1 Å². The van der Waals surface area contributed by atoms with E-state index in [9.17, 15) is 4.79 Å². The monoisotopic (exact) mass is 510 g/mol. The average molecular weight is 511 g/mol. The topological polar surface area (TPSA) is 71.0 Å². The number of fused-ring (bicyclic) bond motifs is 2. The number of hydrogen-bond acceptors (Lipinski definition) is 6. The van der Waals surface area contributed by atoms with Gasteiger partial charge in [0.15, 0.2) is 6.29 Å². The van der Waals surface area contributed by atoms with Gasteiger partial charge in [-0.2, -0.15) is 0 Å². The summed E-state index contributed by atoms with van der Waals surface area (Å²) in [6.07, 6.45) is 15.4. The summed E-state index contributed by atoms with van der Waals surface area (Å²) in [5.41, 5.74) is 1.67. The van der Waals surface area contributed by atoms with Crippen LogP contribution in [-0.2, 0) is 9.47 Å². The number of hydrogen-bond donors (Lipinski definition) is 0. The third kappa shape index (κ3) is 7.26. The Labute approximate surface area is 219 Å². The van der Waals surface area contributed by atoms with E-state index in [4.69, 9.17) is 23.0 Å². The zero-order valence-corrected chi connectivity index (χ0v) is 22.8. The van der Waals surface area contributed by atoms with Crippen LogP contribution in [0.1, 0.15) is 91.9 Å². The fraction of sp³-hybridized carbons (Fsp3) is 0.581. The van der Waals surface area contributed by atoms with Crippen LogP contribution in [0.5, 0.6) is 5.75 Å². The summed E-state index contributed by atoms with van der Waals surface area (Å²) < 4.78 is 29.6. The van der Waals surface area contributed by atoms with Crippen molar-refractivity contribution < 1.29 is 23.0 Å². The van der Waals surface area contributed by atoms with Crippen molar-refractivity contribution in [3.05, 3.63) is 52.6 Å². The largest absolute Gasteiger partial charge is 0.492 e. The van der Waals surface area contributed by atoms with E-state index in [1.807, 2.05) is 6.07 Å². The first kappa shape index (κ1) is 27.5. The van der Waals surface area contributed by atoms with E-state index in [2.05, 4.69) is 33.8 Å². The molecule has 2 aromatic heterocycles. The molecular formula is C31H42O6. The minimum absolute atomic E-state index is 0.0470. The predicted octanol–water partition coefficient (Wildman–Crippen LogP) is 8.31. The van der Waals surface area contributed by atoms with E-state index in [0.29, 0.717) is 23.5 Å². The van der Waals surface area contributed by atoms with E-state index in [1.165, 1.54) is 50.2 Å². The first-order chi connectivity index (χ1) is 17.9. The number of ether oxygens (including phenoxy) is 3. The Bertz CT molecular complexity index is 1230. The summed E-state index contributed by atoms with van der Waals surface area (Å²) in [5.74, 6) is 0.679. The molecule has 202 valence electrons. The van der Waals surface area contributed by atoms with Gasteiger partial charge in [-0.25, -0.2) is 4.79 Å². The van der Waals surface area contributed by atoms with Crippen LogP contribution in [0.25, 0.3) is 21.9 Å². The molecule has 0 saturated carbocycles. The first-order valence-corrected chi connectivity index (χ1v) is 13.9. The lowest BCUT2D eigenvalue weighted by molar-refractivity contribution is -0.0855. The highest BCUT2D eigenvalue weighted by molar-refractivity contribution is 6.01. The standard InChI is InChI=1S/C31H42O6/c1-5-6-7-8-9-10-11-14-29-36-27(31(3,4)37-29)20-22(2)13-12-18-34-30-23-15-16-28(32)35-26(23)21-25-24(30)17-19-33-25/h13,15-17,19,21,27,29H,5-12,14,18,20H2,1-4H3/b22-13-/t27-,29?/m0/s1. The molecule has 6 heteroatoms. The molecule has 1 unspecified atom stereocenters. The van der Waals surface area contributed by atoms with Crippen molar-refractivity contribution in [3.63, 3.8) is 0 Å². The van der Waals surface area contributed by atoms with Gasteiger partial charge in [0, 0.05) is 12.1 Å². The maximum atomic E-state index is 11.7. The molecule has 0 aliphatic carbocycles. The van der Waals surface area contributed by atoms with Crippen LogP contribution in [0, 0.1) is 0 Å². The van der Waals surface area contributed by atoms with Gasteiger partial charge in [0.05, 0.1) is 35.3 Å². The van der Waals surface area contributed by atoms with E-state index >= 15 is 0 Å². The van der Waals surface area contributed by atoms with Crippen LogP contribution >= 0.6 is 0 Å². The molecule has 6 nitrogen and oxygen atoms in total. The third-order valence-corrected chi connectivity index (χ3v) is 7.24. The maximum absolute atomic E-state index is 11.7. The van der Waals surface area contributed by atoms with Gasteiger partial charge in [-0.15, -0.1) is 0 Å². The summed E-state index contributed by atoms with van der Waals surface area (Å²) in [4.78, 5) is 11.7. The summed E-state index contributed by atoms with van der Waals surface area (Å²) >= 11 is 0. The fourth-order valence-electron chi connectivity index (χ4n) is 5.09. The minimum Gasteiger partial charge on any atom is -0.492 e. The summed E-state index contributed by atoms with van der Waals surface area (Å²) in [6.45, 7) is 9.17. The van der Waals surface area contributed by atoms with Crippen molar-refractivity contribution in [3.8, 4) is 5.75 Å². The van der Waals surface area contributed by atoms with Gasteiger partial charge in [-0.05, 0) is 58.6 Å². The summed E-state index contributed by atoms with van der Waals surface area (Å²) in [7, 11) is 0. The predicted molar refractivity (Wildman–Crippen MR) is 147 cm³/mol. The Kier molecular flexibility index (Phi) is 9.49. The summed E-state index contributed by atoms with van der Waals surface area (Å²) in [6, 6.07) is 6.76. The molecule has 3 heterocycles. The third-order valence-electron chi connectivity index (χ3n) is 7.24. The van der Waals surface area contributed by atoms with Gasteiger partial charge in [0.2, 0.25) is 0 Å². The Balaban J connectivity index is 1.26. The van der Waals surface area contributed by atoms with Crippen LogP contribution in [0.15, 0.2) is 55.8 Å². The van der Waals surface area contributed by atoms with Crippen molar-refractivity contribution in [1.82, 2.24) is 0 Å². The second kappa shape index (κ2) is 12.8. The Morgan fingerprint density at radius 3 is 2.59 bits per heavy atom. The molecule has 2 atom stereocenters. The van der Waals surface area contributed by atoms with Crippen molar-refractivity contribution >= 4 is 21.9 Å². The van der Waals surface area contributed by atoms with Crippen LogP contribution < -0.4 is 10.4 Å². The minimum atomic E-state index is -0.395. The second-order valence-corrected chi connectivity index (χ2v) is 10.8. The molecule has 1 fully saturated rings. The van der Waals surface area contributed by atoms with E-state index in [0.717, 1.165) is 36.5 Å². The molecular weight excluding hydrogens is 468 g/mol. The van der Waals surface area contributed by atoms with Gasteiger partial charge in [-0.3, -0.25) is 0 Å². The number of rotatable bonds is 14. The molecule has 1 aliphatic rings. The van der Waals surface area contributed by atoms with Crippen LogP contribution in [0.2, 0.25) is 0 Å². The SMILES string of the molecule is CCCCCCCCCC1O[C@@H](C/C(C)=C\CCOc2c3ccoc3cc3oc(=O)ccc23)C(C)(C)O1. The molecule has 1 saturated heterocycles. The zero-order valence-electron chi connectivity index (χ0n) is 22.8. The molecule has 37 heavy (non-hydrogen) atoms. The smallest absolute Gasteiger partial charge is 0.336 e. The number of unbranched alkanes of at least 4 members (excludes halogenated alkanes) is 6. The molecule has 3 aromatic rings. The van der Waals surface area contributed by atoms with Crippen molar-refractivity contribution in [2.45, 2.75) is 110 Å². The lowest BCUT2D eigenvalue weighted by Crippen LogP contribution is -2.33. The van der Waals surface area contributed by atoms with Crippen molar-refractivity contribution in [1.29, 1.82) is 0 Å². The Hall–Kier alpha value is -2.57. The van der Waals surface area contributed by atoms with E-state index < -0.39 is 5.63 Å². The van der Waals surface area contributed by atoms with Gasteiger partial charge < -0.3 is 23.0 Å². The molecule has 0 N–H and O–H groups in total. The quantitative estimate of drug-likeness (QED) is 0.123. The Morgan fingerprint density at radius 1 is 1.03 bits per heavy atom. The van der Waals surface area contributed by atoms with Gasteiger partial charge >= 0.3 is 5.63 Å². The van der Waals surface area contributed by atoms with E-state index in [-0.39, 0.29) is 18.0 Å². The van der Waals surface area contributed by atoms with Crippen LogP contribution in [-0.4, -0.2) is 24.6 Å². The highest BCUT2D eigenvalue weighted by Gasteiger charge is 2.42. The summed E-state index contributed by atoms with van der Waals surface area (Å²) in [5, 5.41) is 1.63. The van der Waals surface area contributed by atoms with Crippen LogP contribution in [0.4, 0.5) is 0 Å². The fourth-order valence-corrected chi connectivity index (χ4v) is 5.09. The van der Waals surface area contributed by atoms with Gasteiger partial charge in [0.25, 0.3) is 0 Å². The number of furan rings is 1. The second-order valence-electron chi connectivity index (χ2n) is 10.8. The Morgan fingerprint density at radius 2 is 1.78 bits per heavy atom. The molecule has 0 radical (unpaired) electrons.